The molecule has 0 fully saturated rings. The van der Waals surface area contributed by atoms with Gasteiger partial charge in [-0.3, -0.25) is 14.3 Å². The van der Waals surface area contributed by atoms with Crippen molar-refractivity contribution >= 4 is 35.0 Å². The van der Waals surface area contributed by atoms with Gasteiger partial charge in [-0.1, -0.05) is 12.1 Å². The highest BCUT2D eigenvalue weighted by Gasteiger charge is 2.23. The Morgan fingerprint density at radius 1 is 1.26 bits per heavy atom. The average Bonchev–Trinajstić information content (AvgIpc) is 3.17. The molecule has 0 aliphatic carbocycles. The number of nitrogens with one attached hydrogen (secondary N) is 2. The molecular formula is C20H18N4O2S. The molecular weight excluding hydrogens is 360 g/mol. The third kappa shape index (κ3) is 3.88. The first kappa shape index (κ1) is 17.4. The number of fused-ring (bicyclic) bond motifs is 1. The van der Waals surface area contributed by atoms with Crippen molar-refractivity contribution in [1.82, 2.24) is 9.78 Å². The van der Waals surface area contributed by atoms with Crippen LogP contribution in [-0.2, 0) is 11.3 Å². The molecule has 4 rings (SSSR count). The summed E-state index contributed by atoms with van der Waals surface area (Å²) in [7, 11) is 0. The van der Waals surface area contributed by atoms with Gasteiger partial charge in [-0.25, -0.2) is 0 Å². The molecule has 2 heterocycles. The zero-order valence-electron chi connectivity index (χ0n) is 14.7. The minimum Gasteiger partial charge on any atom is -0.324 e. The van der Waals surface area contributed by atoms with Gasteiger partial charge >= 0.3 is 0 Å². The molecule has 6 nitrogen and oxygen atoms in total. The molecule has 0 unspecified atom stereocenters. The number of nitrogens with zero attached hydrogens (tertiary/aromatic N) is 2. The average molecular weight is 378 g/mol. The van der Waals surface area contributed by atoms with Crippen LogP contribution in [0.15, 0.2) is 65.8 Å². The second kappa shape index (κ2) is 7.28. The van der Waals surface area contributed by atoms with Gasteiger partial charge in [0.1, 0.15) is 0 Å². The van der Waals surface area contributed by atoms with Crippen molar-refractivity contribution in [3.8, 4) is 0 Å². The van der Waals surface area contributed by atoms with Crippen molar-refractivity contribution in [3.63, 3.8) is 0 Å². The van der Waals surface area contributed by atoms with E-state index in [4.69, 9.17) is 0 Å². The minimum absolute atomic E-state index is 0.0437. The van der Waals surface area contributed by atoms with E-state index in [1.54, 1.807) is 18.3 Å². The summed E-state index contributed by atoms with van der Waals surface area (Å²) in [5.41, 5.74) is 3.00. The van der Waals surface area contributed by atoms with Gasteiger partial charge in [-0.2, -0.15) is 5.10 Å². The summed E-state index contributed by atoms with van der Waals surface area (Å²) >= 11 is 1.50. The molecule has 2 N–H and O–H groups in total. The summed E-state index contributed by atoms with van der Waals surface area (Å²) < 4.78 is 1.84. The number of thioether (sulfide) groups is 1. The highest BCUT2D eigenvalue weighted by atomic mass is 32.2. The van der Waals surface area contributed by atoms with Crippen molar-refractivity contribution in [1.29, 1.82) is 0 Å². The van der Waals surface area contributed by atoms with Crippen LogP contribution < -0.4 is 10.6 Å². The monoisotopic (exact) mass is 378 g/mol. The summed E-state index contributed by atoms with van der Waals surface area (Å²) in [6.45, 7) is 2.54. The van der Waals surface area contributed by atoms with E-state index in [-0.39, 0.29) is 17.1 Å². The molecule has 1 aromatic heterocycles. The molecule has 1 atom stereocenters. The third-order valence-corrected chi connectivity index (χ3v) is 5.47. The molecule has 27 heavy (non-hydrogen) atoms. The molecule has 0 bridgehead atoms. The van der Waals surface area contributed by atoms with Gasteiger partial charge in [0.05, 0.1) is 17.5 Å². The maximum Gasteiger partial charge on any atom is 0.255 e. The molecule has 3 aromatic rings. The van der Waals surface area contributed by atoms with E-state index in [0.717, 1.165) is 10.5 Å². The molecule has 1 aliphatic rings. The third-order valence-electron chi connectivity index (χ3n) is 4.29. The topological polar surface area (TPSA) is 76.0 Å². The number of hydrogen-bond donors (Lipinski definition) is 2. The molecule has 0 saturated carbocycles. The van der Waals surface area contributed by atoms with Crippen LogP contribution in [0, 0.1) is 0 Å². The highest BCUT2D eigenvalue weighted by molar-refractivity contribution is 8.00. The Labute approximate surface area is 161 Å². The second-order valence-corrected chi connectivity index (χ2v) is 7.70. The van der Waals surface area contributed by atoms with Crippen molar-refractivity contribution in [2.45, 2.75) is 23.6 Å². The smallest absolute Gasteiger partial charge is 0.255 e. The van der Waals surface area contributed by atoms with E-state index >= 15 is 0 Å². The van der Waals surface area contributed by atoms with E-state index in [9.17, 15) is 9.59 Å². The number of aromatic nitrogens is 2. The van der Waals surface area contributed by atoms with E-state index in [1.165, 1.54) is 11.8 Å². The van der Waals surface area contributed by atoms with Crippen molar-refractivity contribution < 1.29 is 9.59 Å². The Hall–Kier alpha value is -3.06. The summed E-state index contributed by atoms with van der Waals surface area (Å²) in [6, 6.07) is 14.9. The van der Waals surface area contributed by atoms with Crippen LogP contribution in [0.25, 0.3) is 0 Å². The van der Waals surface area contributed by atoms with Gasteiger partial charge in [0.15, 0.2) is 0 Å². The minimum atomic E-state index is -0.213. The lowest BCUT2D eigenvalue weighted by Crippen LogP contribution is -2.26. The quantitative estimate of drug-likeness (QED) is 0.727. The summed E-state index contributed by atoms with van der Waals surface area (Å²) in [5.74, 6) is -0.256. The lowest BCUT2D eigenvalue weighted by Gasteiger charge is -2.21. The van der Waals surface area contributed by atoms with Crippen molar-refractivity contribution in [3.05, 3.63) is 72.1 Å². The van der Waals surface area contributed by atoms with Gasteiger partial charge < -0.3 is 10.6 Å². The van der Waals surface area contributed by atoms with Crippen molar-refractivity contribution in [2.24, 2.45) is 0 Å². The Morgan fingerprint density at radius 3 is 2.81 bits per heavy atom. The fourth-order valence-corrected chi connectivity index (χ4v) is 3.76. The largest absolute Gasteiger partial charge is 0.324 e. The number of rotatable bonds is 4. The lowest BCUT2D eigenvalue weighted by atomic mass is 10.1. The number of carbonyl (C=O) groups is 2. The summed E-state index contributed by atoms with van der Waals surface area (Å²) in [5, 5.41) is 9.79. The molecule has 0 radical (unpaired) electrons. The number of benzene rings is 2. The Bertz CT molecular complexity index is 984. The fraction of sp³-hybridized carbons (Fsp3) is 0.150. The lowest BCUT2D eigenvalue weighted by molar-refractivity contribution is -0.115. The fourth-order valence-electron chi connectivity index (χ4n) is 2.83. The molecule has 2 amide bonds. The van der Waals surface area contributed by atoms with Crippen LogP contribution in [0.4, 0.5) is 11.4 Å². The maximum absolute atomic E-state index is 12.5. The summed E-state index contributed by atoms with van der Waals surface area (Å²) in [6.07, 6.45) is 3.65. The van der Waals surface area contributed by atoms with Gasteiger partial charge in [0, 0.05) is 28.5 Å². The second-order valence-electron chi connectivity index (χ2n) is 6.31. The van der Waals surface area contributed by atoms with E-state index in [2.05, 4.69) is 15.7 Å². The number of amides is 2. The molecule has 1 aliphatic heterocycles. The Morgan fingerprint density at radius 2 is 2.07 bits per heavy atom. The predicted octanol–water partition coefficient (Wildman–Crippen LogP) is 3.62. The Kier molecular flexibility index (Phi) is 4.68. The van der Waals surface area contributed by atoms with Gasteiger partial charge in [-0.15, -0.1) is 11.8 Å². The van der Waals surface area contributed by atoms with Crippen LogP contribution in [0.5, 0.6) is 0 Å². The molecule has 0 spiro atoms. The van der Waals surface area contributed by atoms with Crippen LogP contribution in [0.3, 0.4) is 0 Å². The van der Waals surface area contributed by atoms with E-state index in [1.807, 2.05) is 54.2 Å². The SMILES string of the molecule is C[C@@H]1Sc2ccc(C(=O)Nc3ccc(Cn4cccn4)cc3)cc2NC1=O. The normalized spacial score (nSPS) is 15.7. The predicted molar refractivity (Wildman–Crippen MR) is 106 cm³/mol. The number of carbonyl (C=O) groups excluding carboxylic acids is 2. The van der Waals surface area contributed by atoms with Crippen LogP contribution in [0.2, 0.25) is 0 Å². The van der Waals surface area contributed by atoms with E-state index < -0.39 is 0 Å². The first-order valence-electron chi connectivity index (χ1n) is 8.58. The standard InChI is InChI=1S/C20H18N4O2S/c1-13-19(25)23-17-11-15(5-8-18(17)27-13)20(26)22-16-6-3-14(4-7-16)12-24-10-2-9-21-24/h2-11,13H,12H2,1H3,(H,22,26)(H,23,25)/t13-/m0/s1. The van der Waals surface area contributed by atoms with Crippen LogP contribution in [0.1, 0.15) is 22.8 Å². The van der Waals surface area contributed by atoms with Crippen LogP contribution in [-0.4, -0.2) is 26.8 Å². The summed E-state index contributed by atoms with van der Waals surface area (Å²) in [4.78, 5) is 25.4. The molecule has 0 saturated heterocycles. The zero-order chi connectivity index (χ0) is 18.8. The number of anilines is 2. The Balaban J connectivity index is 1.44. The van der Waals surface area contributed by atoms with Gasteiger partial charge in [0.2, 0.25) is 5.91 Å². The van der Waals surface area contributed by atoms with E-state index in [0.29, 0.717) is 23.5 Å². The molecule has 136 valence electrons. The maximum atomic E-state index is 12.5. The van der Waals surface area contributed by atoms with Crippen molar-refractivity contribution in [2.75, 3.05) is 10.6 Å². The van der Waals surface area contributed by atoms with Gasteiger partial charge in [0.25, 0.3) is 5.91 Å². The van der Waals surface area contributed by atoms with Gasteiger partial charge in [-0.05, 0) is 48.9 Å². The first-order valence-corrected chi connectivity index (χ1v) is 9.46. The molecule has 2 aromatic carbocycles. The number of hydrogen-bond acceptors (Lipinski definition) is 4. The zero-order valence-corrected chi connectivity index (χ0v) is 15.5. The van der Waals surface area contributed by atoms with Crippen LogP contribution >= 0.6 is 11.8 Å². The highest BCUT2D eigenvalue weighted by Crippen LogP contribution is 2.36. The first-order chi connectivity index (χ1) is 13.1. The molecule has 7 heteroatoms.